The summed E-state index contributed by atoms with van der Waals surface area (Å²) in [6, 6.07) is 1.59. The van der Waals surface area contributed by atoms with Crippen molar-refractivity contribution in [3.63, 3.8) is 0 Å². The Morgan fingerprint density at radius 1 is 1.60 bits per heavy atom. The van der Waals surface area contributed by atoms with Crippen molar-refractivity contribution < 1.29 is 13.2 Å². The SMILES string of the molecule is COCCNS(=O)(=O)Nc1cc(C)[nH]n1. The molecule has 1 heterocycles. The van der Waals surface area contributed by atoms with Gasteiger partial charge in [-0.25, -0.2) is 0 Å². The number of nitrogens with zero attached hydrogens (tertiary/aromatic N) is 1. The molecule has 0 amide bonds. The summed E-state index contributed by atoms with van der Waals surface area (Å²) in [6.45, 7) is 2.32. The van der Waals surface area contributed by atoms with Gasteiger partial charge in [-0.05, 0) is 6.92 Å². The second-order valence-electron chi connectivity index (χ2n) is 2.93. The maximum absolute atomic E-state index is 11.4. The van der Waals surface area contributed by atoms with Crippen LogP contribution in [0.15, 0.2) is 6.07 Å². The van der Waals surface area contributed by atoms with E-state index in [0.717, 1.165) is 5.69 Å². The van der Waals surface area contributed by atoms with Gasteiger partial charge in [0.25, 0.3) is 10.2 Å². The maximum Gasteiger partial charge on any atom is 0.300 e. The molecule has 0 aliphatic rings. The Labute approximate surface area is 88.4 Å². The van der Waals surface area contributed by atoms with Gasteiger partial charge in [0, 0.05) is 25.4 Å². The van der Waals surface area contributed by atoms with E-state index in [2.05, 4.69) is 19.6 Å². The molecular formula is C7H14N4O3S. The van der Waals surface area contributed by atoms with E-state index in [4.69, 9.17) is 4.74 Å². The lowest BCUT2D eigenvalue weighted by Crippen LogP contribution is -2.32. The van der Waals surface area contributed by atoms with Crippen molar-refractivity contribution in [2.45, 2.75) is 6.92 Å². The number of ether oxygens (including phenoxy) is 1. The fourth-order valence-electron chi connectivity index (χ4n) is 0.922. The summed E-state index contributed by atoms with van der Waals surface area (Å²) in [5.74, 6) is 0.261. The quantitative estimate of drug-likeness (QED) is 0.584. The number of anilines is 1. The molecule has 15 heavy (non-hydrogen) atoms. The monoisotopic (exact) mass is 234 g/mol. The predicted octanol–water partition coefficient (Wildman–Crippen LogP) is -0.389. The first-order chi connectivity index (χ1) is 7.03. The molecular weight excluding hydrogens is 220 g/mol. The third-order valence-electron chi connectivity index (χ3n) is 1.54. The zero-order chi connectivity index (χ0) is 11.3. The number of hydrogen-bond acceptors (Lipinski definition) is 4. The van der Waals surface area contributed by atoms with E-state index in [-0.39, 0.29) is 12.4 Å². The first-order valence-corrected chi connectivity index (χ1v) is 5.80. The zero-order valence-electron chi connectivity index (χ0n) is 8.57. The van der Waals surface area contributed by atoms with Gasteiger partial charge in [-0.2, -0.15) is 18.2 Å². The van der Waals surface area contributed by atoms with Crippen molar-refractivity contribution in [1.82, 2.24) is 14.9 Å². The Hall–Kier alpha value is -1.12. The molecule has 0 fully saturated rings. The van der Waals surface area contributed by atoms with E-state index in [0.29, 0.717) is 6.61 Å². The van der Waals surface area contributed by atoms with Gasteiger partial charge in [0.1, 0.15) is 0 Å². The number of aromatic amines is 1. The van der Waals surface area contributed by atoms with Crippen LogP contribution in [0.3, 0.4) is 0 Å². The average Bonchev–Trinajstić information content (AvgIpc) is 2.50. The zero-order valence-corrected chi connectivity index (χ0v) is 9.39. The number of rotatable bonds is 6. The second-order valence-corrected chi connectivity index (χ2v) is 4.43. The maximum atomic E-state index is 11.4. The van der Waals surface area contributed by atoms with Gasteiger partial charge >= 0.3 is 0 Å². The number of aryl methyl sites for hydroxylation is 1. The van der Waals surface area contributed by atoms with Gasteiger partial charge in [0.05, 0.1) is 6.61 Å². The van der Waals surface area contributed by atoms with Gasteiger partial charge in [0.15, 0.2) is 5.82 Å². The predicted molar refractivity (Wildman–Crippen MR) is 55.7 cm³/mol. The van der Waals surface area contributed by atoms with Gasteiger partial charge in [-0.15, -0.1) is 0 Å². The number of nitrogens with one attached hydrogen (secondary N) is 3. The molecule has 0 bridgehead atoms. The highest BCUT2D eigenvalue weighted by atomic mass is 32.2. The number of methoxy groups -OCH3 is 1. The van der Waals surface area contributed by atoms with E-state index in [1.165, 1.54) is 7.11 Å². The van der Waals surface area contributed by atoms with Crippen LogP contribution in [0.5, 0.6) is 0 Å². The number of H-pyrrole nitrogens is 1. The lowest BCUT2D eigenvalue weighted by molar-refractivity contribution is 0.204. The summed E-state index contributed by atoms with van der Waals surface area (Å²) in [7, 11) is -2.06. The standard InChI is InChI=1S/C7H14N4O3S/c1-6-5-7(10-9-6)11-15(12,13)8-3-4-14-2/h5,8H,3-4H2,1-2H3,(H2,9,10,11). The van der Waals surface area contributed by atoms with Crippen molar-refractivity contribution >= 4 is 16.0 Å². The second kappa shape index (κ2) is 5.10. The van der Waals surface area contributed by atoms with Crippen molar-refractivity contribution in [2.75, 3.05) is 25.0 Å². The fraction of sp³-hybridized carbons (Fsp3) is 0.571. The van der Waals surface area contributed by atoms with Gasteiger partial charge in [0.2, 0.25) is 0 Å². The molecule has 0 atom stereocenters. The van der Waals surface area contributed by atoms with E-state index in [1.807, 2.05) is 0 Å². The minimum Gasteiger partial charge on any atom is -0.383 e. The molecule has 1 rings (SSSR count). The molecule has 86 valence electrons. The Morgan fingerprint density at radius 3 is 2.87 bits per heavy atom. The lowest BCUT2D eigenvalue weighted by atomic mass is 10.5. The molecule has 3 N–H and O–H groups in total. The van der Waals surface area contributed by atoms with Crippen LogP contribution in [0.25, 0.3) is 0 Å². The summed E-state index contributed by atoms with van der Waals surface area (Å²) in [5.41, 5.74) is 0.782. The number of aromatic nitrogens is 2. The molecule has 0 aliphatic carbocycles. The summed E-state index contributed by atoms with van der Waals surface area (Å²) in [4.78, 5) is 0. The van der Waals surface area contributed by atoms with Crippen LogP contribution in [0.4, 0.5) is 5.82 Å². The van der Waals surface area contributed by atoms with Crippen molar-refractivity contribution in [2.24, 2.45) is 0 Å². The summed E-state index contributed by atoms with van der Waals surface area (Å²) >= 11 is 0. The van der Waals surface area contributed by atoms with Crippen LogP contribution in [0.1, 0.15) is 5.69 Å². The van der Waals surface area contributed by atoms with Crippen LogP contribution in [0, 0.1) is 6.92 Å². The lowest BCUT2D eigenvalue weighted by Gasteiger charge is -2.05. The van der Waals surface area contributed by atoms with Gasteiger partial charge < -0.3 is 4.74 Å². The molecule has 7 nitrogen and oxygen atoms in total. The van der Waals surface area contributed by atoms with E-state index in [9.17, 15) is 8.42 Å². The van der Waals surface area contributed by atoms with Gasteiger partial charge in [-0.3, -0.25) is 9.82 Å². The van der Waals surface area contributed by atoms with Gasteiger partial charge in [-0.1, -0.05) is 0 Å². The minimum atomic E-state index is -3.56. The van der Waals surface area contributed by atoms with E-state index in [1.54, 1.807) is 13.0 Å². The molecule has 0 radical (unpaired) electrons. The summed E-state index contributed by atoms with van der Waals surface area (Å²) in [5, 5.41) is 6.37. The Morgan fingerprint density at radius 2 is 2.33 bits per heavy atom. The first kappa shape index (κ1) is 12.0. The molecule has 0 aromatic carbocycles. The van der Waals surface area contributed by atoms with Crippen LogP contribution >= 0.6 is 0 Å². The van der Waals surface area contributed by atoms with E-state index >= 15 is 0 Å². The third kappa shape index (κ3) is 4.28. The molecule has 1 aromatic heterocycles. The third-order valence-corrected chi connectivity index (χ3v) is 2.61. The first-order valence-electron chi connectivity index (χ1n) is 4.32. The fourth-order valence-corrected chi connectivity index (χ4v) is 1.73. The Kier molecular flexibility index (Phi) is 4.06. The largest absolute Gasteiger partial charge is 0.383 e. The molecule has 0 aliphatic heterocycles. The Balaban J connectivity index is 2.49. The highest BCUT2D eigenvalue weighted by molar-refractivity contribution is 7.90. The minimum absolute atomic E-state index is 0.217. The molecule has 0 saturated heterocycles. The average molecular weight is 234 g/mol. The molecule has 0 saturated carbocycles. The molecule has 8 heteroatoms. The topological polar surface area (TPSA) is 96.1 Å². The highest BCUT2D eigenvalue weighted by Crippen LogP contribution is 2.04. The van der Waals surface area contributed by atoms with Crippen LogP contribution < -0.4 is 9.44 Å². The summed E-state index contributed by atoms with van der Waals surface area (Å²) < 4.78 is 32.0. The molecule has 0 spiro atoms. The Bertz CT molecular complexity index is 400. The van der Waals surface area contributed by atoms with E-state index < -0.39 is 10.2 Å². The van der Waals surface area contributed by atoms with Crippen molar-refractivity contribution in [3.8, 4) is 0 Å². The molecule has 0 unspecified atom stereocenters. The highest BCUT2D eigenvalue weighted by Gasteiger charge is 2.10. The summed E-state index contributed by atoms with van der Waals surface area (Å²) in [6.07, 6.45) is 0. The van der Waals surface area contributed by atoms with Crippen molar-refractivity contribution in [3.05, 3.63) is 11.8 Å². The molecule has 1 aromatic rings. The number of hydrogen-bond donors (Lipinski definition) is 3. The van der Waals surface area contributed by atoms with Crippen LogP contribution in [-0.4, -0.2) is 38.9 Å². The normalized spacial score (nSPS) is 11.6. The van der Waals surface area contributed by atoms with Crippen molar-refractivity contribution in [1.29, 1.82) is 0 Å². The van der Waals surface area contributed by atoms with Crippen LogP contribution in [-0.2, 0) is 14.9 Å². The smallest absolute Gasteiger partial charge is 0.300 e. The van der Waals surface area contributed by atoms with Crippen LogP contribution in [0.2, 0.25) is 0 Å².